The molecule has 117 heavy (non-hydrogen) atoms. The van der Waals surface area contributed by atoms with Crippen molar-refractivity contribution in [3.63, 3.8) is 0 Å². The molecular weight excluding hydrogens is 1530 g/mol. The highest BCUT2D eigenvalue weighted by atomic mass is 35.5. The van der Waals surface area contributed by atoms with Crippen LogP contribution < -0.4 is 0 Å². The van der Waals surface area contributed by atoms with Gasteiger partial charge in [0.25, 0.3) is 5.91 Å². The minimum absolute atomic E-state index is 0.0569. The topological polar surface area (TPSA) is 130 Å². The molecule has 1 aliphatic heterocycles. The summed E-state index contributed by atoms with van der Waals surface area (Å²) in [4.78, 5) is 14.3. The Labute approximate surface area is 685 Å². The lowest BCUT2D eigenvalue weighted by molar-refractivity contribution is -0.138. The molecule has 24 heteroatoms. The average molecular weight is 1640 g/mol. The van der Waals surface area contributed by atoms with E-state index < -0.39 is 35.1 Å². The minimum atomic E-state index is -4.28. The van der Waals surface area contributed by atoms with Crippen LogP contribution in [0.15, 0.2) is 183 Å². The van der Waals surface area contributed by atoms with Crippen LogP contribution in [-0.2, 0) is 31.2 Å². The number of rotatable bonds is 11. The Morgan fingerprint density at radius 1 is 0.479 bits per heavy atom. The number of aromatic nitrogens is 9. The minimum Gasteiger partial charge on any atom is -0.508 e. The molecule has 0 spiro atoms. The molecule has 8 heterocycles. The molecule has 1 fully saturated rings. The van der Waals surface area contributed by atoms with E-state index in [0.29, 0.717) is 65.3 Å². The largest absolute Gasteiger partial charge is 0.508 e. The molecule has 0 bridgehead atoms. The van der Waals surface area contributed by atoms with Crippen LogP contribution in [0, 0.1) is 24.4 Å². The number of methoxy groups -OCH3 is 1. The van der Waals surface area contributed by atoms with E-state index in [-0.39, 0.29) is 47.6 Å². The van der Waals surface area contributed by atoms with Gasteiger partial charge in [-0.2, -0.15) is 36.5 Å². The number of likely N-dealkylation sites (tertiary alicyclic amines) is 1. The number of carbonyl (C=O) groups is 1. The number of alkyl halides is 6. The number of aryl methyl sites for hydroxylation is 3. The van der Waals surface area contributed by atoms with Crippen LogP contribution in [0.2, 0.25) is 5.02 Å². The Morgan fingerprint density at radius 3 is 1.49 bits per heavy atom. The molecule has 1 amide bonds. The van der Waals surface area contributed by atoms with Crippen molar-refractivity contribution in [3.05, 3.63) is 250 Å². The first-order chi connectivity index (χ1) is 54.8. The highest BCUT2D eigenvalue weighted by molar-refractivity contribution is 6.31. The molecule has 14 nitrogen and oxygen atoms in total. The number of ether oxygens (including phenoxy) is 1. The maximum Gasteiger partial charge on any atom is 0.416 e. The number of aromatic hydroxyl groups is 2. The third kappa shape index (κ3) is 23.1. The van der Waals surface area contributed by atoms with E-state index >= 15 is 0 Å². The Balaban J connectivity index is 0.000000168. The van der Waals surface area contributed by atoms with Crippen LogP contribution in [-0.4, -0.2) is 89.7 Å². The monoisotopic (exact) mass is 1640 g/mol. The van der Waals surface area contributed by atoms with Gasteiger partial charge in [0.2, 0.25) is 0 Å². The molecule has 14 aromatic rings. The van der Waals surface area contributed by atoms with E-state index in [1.165, 1.54) is 76.1 Å². The molecule has 0 saturated carbocycles. The first-order valence-corrected chi connectivity index (χ1v) is 39.8. The van der Waals surface area contributed by atoms with E-state index in [1.807, 2.05) is 184 Å². The van der Waals surface area contributed by atoms with Crippen molar-refractivity contribution in [2.75, 3.05) is 20.2 Å². The molecule has 628 valence electrons. The predicted octanol–water partition coefficient (Wildman–Crippen LogP) is 26.6. The van der Waals surface area contributed by atoms with Gasteiger partial charge in [-0.05, 0) is 243 Å². The SMILES string of the molecule is CC(C)c1ccc(F)cc1.CC(C)c1cn(C)c2ccc(C(F)(F)F)cc12.CC(C)n1ccc2cc(Cl)ccc21.CC(C)n1ccc2cc(F)c(F)cc21.CC(C)n1ccc2ccc(C(F)(F)F)cc21.CC(C)n1ncc2ccc(O)cc21.COC1CN(C(=O)c2cc(C(C)C)nn2C(C)C)C1.Cc1cc2c(cc1O)c(C(C)C)cn2C. The normalized spacial score (nSPS) is 12.5. The summed E-state index contributed by atoms with van der Waals surface area (Å²) in [6, 6.07) is 41.1. The van der Waals surface area contributed by atoms with Crippen molar-refractivity contribution in [3.8, 4) is 11.5 Å². The van der Waals surface area contributed by atoms with Gasteiger partial charge in [-0.25, -0.2) is 13.2 Å². The zero-order chi connectivity index (χ0) is 86.7. The molecule has 1 saturated heterocycles. The summed E-state index contributed by atoms with van der Waals surface area (Å²) in [6.45, 7) is 40.4. The maximum atomic E-state index is 13.0. The lowest BCUT2D eigenvalue weighted by atomic mass is 10.0. The summed E-state index contributed by atoms with van der Waals surface area (Å²) in [6.07, 6.45) is 3.25. The van der Waals surface area contributed by atoms with Crippen molar-refractivity contribution in [2.45, 2.75) is 204 Å². The summed E-state index contributed by atoms with van der Waals surface area (Å²) in [5, 5.41) is 34.3. The smallest absolute Gasteiger partial charge is 0.416 e. The van der Waals surface area contributed by atoms with Gasteiger partial charge in [0.05, 0.1) is 40.2 Å². The molecule has 2 N–H and O–H groups in total. The highest BCUT2D eigenvalue weighted by Gasteiger charge is 2.35. The Hall–Kier alpha value is -10.4. The first-order valence-electron chi connectivity index (χ1n) is 39.5. The lowest BCUT2D eigenvalue weighted by Gasteiger charge is -2.38. The highest BCUT2D eigenvalue weighted by Crippen LogP contribution is 2.37. The molecule has 7 aromatic heterocycles. The number of amides is 1. The fourth-order valence-corrected chi connectivity index (χ4v) is 13.7. The van der Waals surface area contributed by atoms with Crippen molar-refractivity contribution in [1.82, 2.24) is 47.3 Å². The van der Waals surface area contributed by atoms with Gasteiger partial charge < -0.3 is 42.7 Å². The number of hydrogen-bond donors (Lipinski definition) is 2. The van der Waals surface area contributed by atoms with Crippen LogP contribution in [0.3, 0.4) is 0 Å². The number of carbonyl (C=O) groups excluding carboxylic acids is 1. The summed E-state index contributed by atoms with van der Waals surface area (Å²) >= 11 is 5.90. The molecule has 1 aliphatic rings. The first kappa shape index (κ1) is 92.1. The second-order valence-corrected chi connectivity index (χ2v) is 32.6. The lowest BCUT2D eigenvalue weighted by Crippen LogP contribution is -2.54. The van der Waals surface area contributed by atoms with Crippen LogP contribution in [0.5, 0.6) is 11.5 Å². The van der Waals surface area contributed by atoms with Crippen LogP contribution in [0.25, 0.3) is 65.4 Å². The van der Waals surface area contributed by atoms with Crippen molar-refractivity contribution in [1.29, 1.82) is 0 Å². The third-order valence-corrected chi connectivity index (χ3v) is 20.5. The van der Waals surface area contributed by atoms with Crippen LogP contribution in [0.4, 0.5) is 39.5 Å². The van der Waals surface area contributed by atoms with E-state index in [4.69, 9.17) is 16.3 Å². The van der Waals surface area contributed by atoms with Gasteiger partial charge in [0.1, 0.15) is 23.0 Å². The fourth-order valence-electron chi connectivity index (χ4n) is 13.5. The van der Waals surface area contributed by atoms with Gasteiger partial charge in [-0.1, -0.05) is 85.2 Å². The standard InChI is InChI=1S/C14H23N3O2.C13H14F3N.C13H17NO.C12H12F3N.C11H12ClN.C11H11F2N.C10H12N2O.C9H11F/c1-9(2)12-6-13(17(15-12)10(3)4)14(18)16-7-11(8-16)19-5;1-8(2)11-7-17(3)12-5-4-9(6-10(11)12)13(14,15)16;1-8(2)11-7-14(4)12-5-9(3)13(15)6-10(11)12;1-8(2)16-6-5-9-3-4-10(7-11(9)16)12(13,14)15;1-8(2)13-6-5-9-7-10(12)3-4-11(9)13;1-7(2)14-4-3-8-5-9(12)10(13)6-11(8)14;1-7(2)12-10-5-9(13)4-3-8(10)6-11-12;1-7(2)8-3-5-9(10)6-4-8/h6,9-11H,7-8H2,1-5H3;4-8H,1-3H3;5-8,15H,1-4H3;3-8H,1-2H3;3-8H,1-2H3;3-7H,1-2H3;3-7,13H,1-2H3;3-7H,1-2H3. The summed E-state index contributed by atoms with van der Waals surface area (Å²) in [7, 11) is 5.58. The average Bonchev–Trinajstić information content (AvgIpc) is 1.67. The third-order valence-electron chi connectivity index (χ3n) is 20.2. The summed E-state index contributed by atoms with van der Waals surface area (Å²) < 4.78 is 133. The number of phenolic OH excluding ortho intramolecular Hbond substituents is 2. The van der Waals surface area contributed by atoms with Crippen molar-refractivity contribution < 1.29 is 59.3 Å². The Bertz CT molecular complexity index is 5620. The molecule has 0 aliphatic carbocycles. The molecular formula is C93H112ClF9N10O4. The number of phenols is 2. The van der Waals surface area contributed by atoms with E-state index in [1.54, 1.807) is 25.3 Å². The van der Waals surface area contributed by atoms with Crippen LogP contribution in [0.1, 0.15) is 228 Å². The zero-order valence-corrected chi connectivity index (χ0v) is 71.7. The molecule has 0 atom stereocenters. The molecule has 7 aromatic carbocycles. The molecule has 0 unspecified atom stereocenters. The quantitative estimate of drug-likeness (QED) is 0.124. The van der Waals surface area contributed by atoms with E-state index in [0.717, 1.165) is 72.1 Å². The second-order valence-electron chi connectivity index (χ2n) is 32.2. The van der Waals surface area contributed by atoms with Gasteiger partial charge >= 0.3 is 12.4 Å². The van der Waals surface area contributed by atoms with Gasteiger partial charge in [0.15, 0.2) is 11.6 Å². The van der Waals surface area contributed by atoms with Gasteiger partial charge in [-0.15, -0.1) is 0 Å². The summed E-state index contributed by atoms with van der Waals surface area (Å²) in [5.74, 6) is 0.488. The Kier molecular flexibility index (Phi) is 30.9. The van der Waals surface area contributed by atoms with Crippen molar-refractivity contribution in [2.24, 2.45) is 14.1 Å². The zero-order valence-electron chi connectivity index (χ0n) is 71.0. The van der Waals surface area contributed by atoms with Crippen LogP contribution >= 0.6 is 11.6 Å². The number of hydrogen-bond acceptors (Lipinski definition) is 6. The number of halogens is 10. The van der Waals surface area contributed by atoms with Gasteiger partial charge in [-0.3, -0.25) is 14.2 Å². The maximum absolute atomic E-state index is 13.0. The molecule has 15 rings (SSSR count). The van der Waals surface area contributed by atoms with Gasteiger partial charge in [0, 0.05) is 162 Å². The number of fused-ring (bicyclic) bond motifs is 6. The fraction of sp³-hybridized carbons (Fsp3) is 0.387. The van der Waals surface area contributed by atoms with Crippen molar-refractivity contribution >= 4 is 82.9 Å². The van der Waals surface area contributed by atoms with E-state index in [9.17, 15) is 54.5 Å². The van der Waals surface area contributed by atoms with E-state index in [2.05, 4.69) is 113 Å². The number of nitrogens with zero attached hydrogens (tertiary/aromatic N) is 10. The second kappa shape index (κ2) is 39.2. The molecule has 0 radical (unpaired) electrons. The summed E-state index contributed by atoms with van der Waals surface area (Å²) in [5.41, 5.74) is 10.5. The Morgan fingerprint density at radius 2 is 0.966 bits per heavy atom. The number of benzene rings is 7. The predicted molar refractivity (Wildman–Crippen MR) is 458 cm³/mol.